The van der Waals surface area contributed by atoms with Crippen LogP contribution >= 0.6 is 11.3 Å². The van der Waals surface area contributed by atoms with Gasteiger partial charge in [-0.15, -0.1) is 0 Å². The molecule has 102 valence electrons. The zero-order chi connectivity index (χ0) is 13.7. The number of rotatable bonds is 4. The van der Waals surface area contributed by atoms with Gasteiger partial charge in [-0.25, -0.2) is 0 Å². The van der Waals surface area contributed by atoms with Gasteiger partial charge in [0.2, 0.25) is 5.91 Å². The van der Waals surface area contributed by atoms with Crippen molar-refractivity contribution >= 4 is 17.2 Å². The van der Waals surface area contributed by atoms with Crippen LogP contribution in [0.5, 0.6) is 0 Å². The number of carbonyl (C=O) groups excluding carboxylic acids is 1. The van der Waals surface area contributed by atoms with E-state index in [4.69, 9.17) is 4.74 Å². The molecule has 0 radical (unpaired) electrons. The average Bonchev–Trinajstić information content (AvgIpc) is 2.92. The van der Waals surface area contributed by atoms with E-state index in [1.54, 1.807) is 11.3 Å². The third-order valence-corrected chi connectivity index (χ3v) is 4.23. The summed E-state index contributed by atoms with van der Waals surface area (Å²) in [6.45, 7) is 2.94. The fraction of sp³-hybridized carbons (Fsp3) is 0.571. The van der Waals surface area contributed by atoms with Crippen LogP contribution in [0.1, 0.15) is 25.3 Å². The number of nitrogens with zero attached hydrogens (tertiary/aromatic N) is 1. The minimum atomic E-state index is -0.902. The topological polar surface area (TPSA) is 62.1 Å². The Morgan fingerprint density at radius 1 is 1.63 bits per heavy atom. The van der Waals surface area contributed by atoms with Gasteiger partial charge in [0.15, 0.2) is 0 Å². The van der Waals surface area contributed by atoms with Gasteiger partial charge < -0.3 is 10.1 Å². The molecule has 1 unspecified atom stereocenters. The molecule has 1 aromatic heterocycles. The zero-order valence-corrected chi connectivity index (χ0v) is 11.8. The summed E-state index contributed by atoms with van der Waals surface area (Å²) >= 11 is 1.65. The smallest absolute Gasteiger partial charge is 0.240 e. The van der Waals surface area contributed by atoms with Crippen molar-refractivity contribution in [3.05, 3.63) is 22.4 Å². The number of nitriles is 1. The van der Waals surface area contributed by atoms with E-state index in [2.05, 4.69) is 22.8 Å². The largest absolute Gasteiger partial charge is 0.381 e. The summed E-state index contributed by atoms with van der Waals surface area (Å²) in [4.78, 5) is 12.3. The second kappa shape index (κ2) is 6.18. The highest BCUT2D eigenvalue weighted by atomic mass is 32.1. The molecule has 0 spiro atoms. The summed E-state index contributed by atoms with van der Waals surface area (Å²) in [7, 11) is 0. The summed E-state index contributed by atoms with van der Waals surface area (Å²) in [5.41, 5.74) is 0.317. The fourth-order valence-corrected chi connectivity index (χ4v) is 2.97. The molecule has 0 saturated carbocycles. The van der Waals surface area contributed by atoms with Crippen molar-refractivity contribution in [3.63, 3.8) is 0 Å². The predicted molar refractivity (Wildman–Crippen MR) is 73.7 cm³/mol. The van der Waals surface area contributed by atoms with Gasteiger partial charge in [0.1, 0.15) is 5.41 Å². The molecule has 1 N–H and O–H groups in total. The summed E-state index contributed by atoms with van der Waals surface area (Å²) in [6.07, 6.45) is 1.77. The maximum atomic E-state index is 12.3. The molecular formula is C14H18N2O2S. The highest BCUT2D eigenvalue weighted by Gasteiger charge is 2.40. The Kier molecular flexibility index (Phi) is 4.56. The molecule has 1 aliphatic heterocycles. The van der Waals surface area contributed by atoms with Crippen LogP contribution in [0.2, 0.25) is 0 Å². The first-order valence-corrected chi connectivity index (χ1v) is 7.41. The molecule has 19 heavy (non-hydrogen) atoms. The molecule has 1 saturated heterocycles. The van der Waals surface area contributed by atoms with Crippen LogP contribution in [0, 0.1) is 16.7 Å². The van der Waals surface area contributed by atoms with Gasteiger partial charge in [-0.3, -0.25) is 4.79 Å². The fourth-order valence-electron chi connectivity index (χ4n) is 2.28. The quantitative estimate of drug-likeness (QED) is 0.917. The molecule has 1 atom stereocenters. The zero-order valence-electron chi connectivity index (χ0n) is 11.0. The van der Waals surface area contributed by atoms with E-state index in [1.807, 2.05) is 12.3 Å². The van der Waals surface area contributed by atoms with Gasteiger partial charge in [-0.2, -0.15) is 16.6 Å². The van der Waals surface area contributed by atoms with E-state index in [1.165, 1.54) is 5.56 Å². The maximum Gasteiger partial charge on any atom is 0.240 e. The second-order valence-corrected chi connectivity index (χ2v) is 5.80. The van der Waals surface area contributed by atoms with Gasteiger partial charge in [0.25, 0.3) is 0 Å². The number of nitrogens with one attached hydrogen (secondary N) is 1. The van der Waals surface area contributed by atoms with E-state index >= 15 is 0 Å². The SMILES string of the molecule is CC(Cc1ccsc1)NC(=O)C1(C#N)CCOCC1. The summed E-state index contributed by atoms with van der Waals surface area (Å²) in [5, 5.41) is 16.4. The highest BCUT2D eigenvalue weighted by Crippen LogP contribution is 2.30. The Hall–Kier alpha value is -1.38. The molecule has 1 aliphatic rings. The molecule has 1 amide bonds. The van der Waals surface area contributed by atoms with Crippen LogP contribution in [0.15, 0.2) is 16.8 Å². The first kappa shape index (κ1) is 14.0. The standard InChI is InChI=1S/C14H18N2O2S/c1-11(8-12-2-7-19-9-12)16-13(17)14(10-15)3-5-18-6-4-14/h2,7,9,11H,3-6,8H2,1H3,(H,16,17). The number of ether oxygens (including phenoxy) is 1. The lowest BCUT2D eigenvalue weighted by Gasteiger charge is -2.30. The molecule has 0 aliphatic carbocycles. The lowest BCUT2D eigenvalue weighted by atomic mass is 9.80. The van der Waals surface area contributed by atoms with Gasteiger partial charge in [-0.1, -0.05) is 0 Å². The minimum Gasteiger partial charge on any atom is -0.381 e. The van der Waals surface area contributed by atoms with Crippen LogP contribution in [-0.4, -0.2) is 25.2 Å². The van der Waals surface area contributed by atoms with E-state index in [0.29, 0.717) is 26.1 Å². The van der Waals surface area contributed by atoms with Gasteiger partial charge >= 0.3 is 0 Å². The molecule has 4 nitrogen and oxygen atoms in total. The van der Waals surface area contributed by atoms with Crippen molar-refractivity contribution in [3.8, 4) is 6.07 Å². The number of hydrogen-bond donors (Lipinski definition) is 1. The molecule has 1 aromatic rings. The lowest BCUT2D eigenvalue weighted by molar-refractivity contribution is -0.133. The van der Waals surface area contributed by atoms with Crippen molar-refractivity contribution in [1.29, 1.82) is 5.26 Å². The van der Waals surface area contributed by atoms with E-state index in [0.717, 1.165) is 6.42 Å². The van der Waals surface area contributed by atoms with Crippen molar-refractivity contribution < 1.29 is 9.53 Å². The molecule has 2 rings (SSSR count). The third kappa shape index (κ3) is 3.34. The number of thiophene rings is 1. The van der Waals surface area contributed by atoms with Crippen molar-refractivity contribution in [2.24, 2.45) is 5.41 Å². The van der Waals surface area contributed by atoms with Crippen LogP contribution in [0.25, 0.3) is 0 Å². The Bertz CT molecular complexity index is 458. The average molecular weight is 278 g/mol. The first-order chi connectivity index (χ1) is 9.16. The monoisotopic (exact) mass is 278 g/mol. The Morgan fingerprint density at radius 3 is 2.95 bits per heavy atom. The Labute approximate surface area is 117 Å². The summed E-state index contributed by atoms with van der Waals surface area (Å²) in [5.74, 6) is -0.152. The van der Waals surface area contributed by atoms with Crippen LogP contribution in [-0.2, 0) is 16.0 Å². The number of hydrogen-bond acceptors (Lipinski definition) is 4. The van der Waals surface area contributed by atoms with E-state index in [-0.39, 0.29) is 11.9 Å². The Morgan fingerprint density at radius 2 is 2.37 bits per heavy atom. The van der Waals surface area contributed by atoms with Crippen LogP contribution in [0.4, 0.5) is 0 Å². The minimum absolute atomic E-state index is 0.0372. The Balaban J connectivity index is 1.94. The number of carbonyl (C=O) groups is 1. The molecule has 2 heterocycles. The van der Waals surface area contributed by atoms with Gasteiger partial charge in [0.05, 0.1) is 6.07 Å². The van der Waals surface area contributed by atoms with Crippen molar-refractivity contribution in [1.82, 2.24) is 5.32 Å². The van der Waals surface area contributed by atoms with E-state index < -0.39 is 5.41 Å². The van der Waals surface area contributed by atoms with E-state index in [9.17, 15) is 10.1 Å². The van der Waals surface area contributed by atoms with Crippen LogP contribution in [0.3, 0.4) is 0 Å². The van der Waals surface area contributed by atoms with Crippen molar-refractivity contribution in [2.45, 2.75) is 32.2 Å². The molecule has 5 heteroatoms. The lowest BCUT2D eigenvalue weighted by Crippen LogP contribution is -2.47. The summed E-state index contributed by atoms with van der Waals surface area (Å²) in [6, 6.07) is 4.29. The molecule has 0 bridgehead atoms. The maximum absolute atomic E-state index is 12.3. The molecule has 0 aromatic carbocycles. The highest BCUT2D eigenvalue weighted by molar-refractivity contribution is 7.07. The first-order valence-electron chi connectivity index (χ1n) is 6.47. The van der Waals surface area contributed by atoms with Gasteiger partial charge in [0, 0.05) is 19.3 Å². The van der Waals surface area contributed by atoms with Crippen LogP contribution < -0.4 is 5.32 Å². The molecule has 1 fully saturated rings. The third-order valence-electron chi connectivity index (χ3n) is 3.49. The van der Waals surface area contributed by atoms with Gasteiger partial charge in [-0.05, 0) is 48.6 Å². The molecular weight excluding hydrogens is 260 g/mol. The normalized spacial score (nSPS) is 19.4. The number of amides is 1. The van der Waals surface area contributed by atoms with Crippen molar-refractivity contribution in [2.75, 3.05) is 13.2 Å². The summed E-state index contributed by atoms with van der Waals surface area (Å²) < 4.78 is 5.24. The predicted octanol–water partition coefficient (Wildman–Crippen LogP) is 2.12. The second-order valence-electron chi connectivity index (χ2n) is 5.02.